The van der Waals surface area contributed by atoms with Crippen molar-refractivity contribution in [3.8, 4) is 11.5 Å². The average Bonchev–Trinajstić information content (AvgIpc) is 2.98. The molecule has 1 heterocycles. The predicted octanol–water partition coefficient (Wildman–Crippen LogP) is 6.56. The normalized spacial score (nSPS) is 11.8. The van der Waals surface area contributed by atoms with Gasteiger partial charge in [-0.15, -0.1) is 0 Å². The summed E-state index contributed by atoms with van der Waals surface area (Å²) in [6.45, 7) is 5.04. The molecule has 0 aliphatic carbocycles. The highest BCUT2D eigenvalue weighted by Gasteiger charge is 2.21. The second-order valence-electron chi connectivity index (χ2n) is 10.00. The Bertz CT molecular complexity index is 1580. The Morgan fingerprint density at radius 3 is 2.23 bits per heavy atom. The van der Waals surface area contributed by atoms with Crippen molar-refractivity contribution in [2.45, 2.75) is 19.4 Å². The van der Waals surface area contributed by atoms with E-state index in [9.17, 15) is 8.78 Å². The van der Waals surface area contributed by atoms with Crippen LogP contribution in [0.25, 0.3) is 16.6 Å². The van der Waals surface area contributed by atoms with Crippen molar-refractivity contribution in [1.82, 2.24) is 15.3 Å². The lowest BCUT2D eigenvalue weighted by Crippen LogP contribution is -2.33. The smallest absolute Gasteiger partial charge is 0.163 e. The quantitative estimate of drug-likeness (QED) is 0.105. The minimum absolute atomic E-state index is 0.313. The van der Waals surface area contributed by atoms with E-state index in [1.54, 1.807) is 46.4 Å². The van der Waals surface area contributed by atoms with Crippen molar-refractivity contribution >= 4 is 28.1 Å². The van der Waals surface area contributed by atoms with Crippen LogP contribution in [0.5, 0.6) is 11.5 Å². The molecule has 43 heavy (non-hydrogen) atoms. The number of methoxy groups -OCH3 is 2. The number of nitrogens with zero attached hydrogens (tertiary/aromatic N) is 3. The molecular weight excluding hydrogens is 558 g/mol. The van der Waals surface area contributed by atoms with Crippen LogP contribution < -0.4 is 20.1 Å². The van der Waals surface area contributed by atoms with E-state index >= 15 is 0 Å². The summed E-state index contributed by atoms with van der Waals surface area (Å²) in [5, 5.41) is 10.8. The van der Waals surface area contributed by atoms with Gasteiger partial charge in [0.25, 0.3) is 0 Å². The molecule has 12 heteroatoms. The van der Waals surface area contributed by atoms with Crippen LogP contribution >= 0.6 is 0 Å². The van der Waals surface area contributed by atoms with Crippen molar-refractivity contribution in [1.29, 1.82) is 5.53 Å². The summed E-state index contributed by atoms with van der Waals surface area (Å²) < 4.78 is 49.6. The second kappa shape index (κ2) is 14.5. The molecule has 0 saturated heterocycles. The van der Waals surface area contributed by atoms with E-state index in [1.807, 2.05) is 24.3 Å². The SMILES string of the molecule is COCCOc1cc2ncnc(Nc3cccc(/C(=C/NC(C)(C)c4cc(F)cc(F)c4)N=N)c3)c2cc1OCCOC. The Labute approximate surface area is 248 Å². The lowest BCUT2D eigenvalue weighted by Gasteiger charge is -2.26. The van der Waals surface area contributed by atoms with Gasteiger partial charge in [-0.25, -0.2) is 24.3 Å². The van der Waals surface area contributed by atoms with E-state index in [4.69, 9.17) is 24.5 Å². The third-order valence-corrected chi connectivity index (χ3v) is 6.49. The number of hydrogen-bond acceptors (Lipinski definition) is 10. The summed E-state index contributed by atoms with van der Waals surface area (Å²) in [6, 6.07) is 14.2. The number of hydrogen-bond donors (Lipinski definition) is 3. The number of fused-ring (bicyclic) bond motifs is 1. The average molecular weight is 593 g/mol. The first-order valence-electron chi connectivity index (χ1n) is 13.5. The Morgan fingerprint density at radius 1 is 0.907 bits per heavy atom. The van der Waals surface area contributed by atoms with Crippen LogP contribution in [0.2, 0.25) is 0 Å². The summed E-state index contributed by atoms with van der Waals surface area (Å²) in [5.41, 5.74) is 9.60. The summed E-state index contributed by atoms with van der Waals surface area (Å²) in [4.78, 5) is 8.85. The summed E-state index contributed by atoms with van der Waals surface area (Å²) in [6.07, 6.45) is 2.99. The number of rotatable bonds is 15. The Morgan fingerprint density at radius 2 is 1.58 bits per heavy atom. The topological polar surface area (TPSA) is 123 Å². The van der Waals surface area contributed by atoms with Gasteiger partial charge in [0.15, 0.2) is 11.5 Å². The minimum Gasteiger partial charge on any atom is -0.487 e. The molecule has 0 fully saturated rings. The lowest BCUT2D eigenvalue weighted by atomic mass is 9.94. The fourth-order valence-corrected chi connectivity index (χ4v) is 4.18. The van der Waals surface area contributed by atoms with Gasteiger partial charge in [0.05, 0.1) is 24.3 Å². The van der Waals surface area contributed by atoms with E-state index in [1.165, 1.54) is 18.5 Å². The fraction of sp³-hybridized carbons (Fsp3) is 0.290. The molecule has 0 unspecified atom stereocenters. The van der Waals surface area contributed by atoms with Gasteiger partial charge in [-0.1, -0.05) is 12.1 Å². The maximum Gasteiger partial charge on any atom is 0.163 e. The first-order chi connectivity index (χ1) is 20.7. The molecule has 0 amide bonds. The standard InChI is InChI=1S/C31H34F2N6O4/c1-31(2,21-13-22(32)15-23(33)14-21)37-18-27(39-34)20-6-5-7-24(12-20)38-30-25-16-28(42-10-8-40-3)29(43-11-9-41-4)17-26(25)35-19-36-30/h5-7,12-19,34,37H,8-11H2,1-4H3,(H,35,36,38)/b27-18-,39-34?. The van der Waals surface area contributed by atoms with Crippen LogP contribution in [0.4, 0.5) is 20.3 Å². The van der Waals surface area contributed by atoms with Gasteiger partial charge in [0.2, 0.25) is 0 Å². The number of benzene rings is 3. The van der Waals surface area contributed by atoms with Crippen LogP contribution in [0.3, 0.4) is 0 Å². The van der Waals surface area contributed by atoms with Gasteiger partial charge in [-0.2, -0.15) is 5.11 Å². The molecule has 226 valence electrons. The zero-order valence-corrected chi connectivity index (χ0v) is 24.4. The number of ether oxygens (including phenoxy) is 4. The first-order valence-corrected chi connectivity index (χ1v) is 13.5. The molecule has 0 atom stereocenters. The highest BCUT2D eigenvalue weighted by atomic mass is 19.1. The number of anilines is 2. The molecular formula is C31H34F2N6O4. The maximum atomic E-state index is 13.8. The van der Waals surface area contributed by atoms with Crippen molar-refractivity contribution in [3.63, 3.8) is 0 Å². The Hall–Kier alpha value is -4.68. The summed E-state index contributed by atoms with van der Waals surface area (Å²) in [7, 11) is 3.20. The van der Waals surface area contributed by atoms with Gasteiger partial charge in [0, 0.05) is 49.2 Å². The largest absolute Gasteiger partial charge is 0.487 e. The molecule has 0 spiro atoms. The fourth-order valence-electron chi connectivity index (χ4n) is 4.18. The molecule has 3 aromatic carbocycles. The predicted molar refractivity (Wildman–Crippen MR) is 160 cm³/mol. The Kier molecular flexibility index (Phi) is 10.5. The molecule has 0 bridgehead atoms. The van der Waals surface area contributed by atoms with Crippen LogP contribution in [-0.2, 0) is 15.0 Å². The van der Waals surface area contributed by atoms with Gasteiger partial charge >= 0.3 is 0 Å². The highest BCUT2D eigenvalue weighted by Crippen LogP contribution is 2.35. The molecule has 1 aromatic heterocycles. The van der Waals surface area contributed by atoms with E-state index < -0.39 is 17.2 Å². The second-order valence-corrected chi connectivity index (χ2v) is 10.00. The van der Waals surface area contributed by atoms with Crippen molar-refractivity contribution in [3.05, 3.63) is 89.9 Å². The van der Waals surface area contributed by atoms with E-state index in [0.29, 0.717) is 77.2 Å². The van der Waals surface area contributed by atoms with Crippen LogP contribution in [0.15, 0.2) is 72.2 Å². The third kappa shape index (κ3) is 8.21. The number of nitrogens with one attached hydrogen (secondary N) is 3. The Balaban J connectivity index is 1.60. The molecule has 0 aliphatic heterocycles. The van der Waals surface area contributed by atoms with E-state index in [-0.39, 0.29) is 0 Å². The molecule has 4 rings (SSSR count). The van der Waals surface area contributed by atoms with Gasteiger partial charge in [-0.3, -0.25) is 0 Å². The molecule has 4 aromatic rings. The zero-order chi connectivity index (χ0) is 30.8. The molecule has 3 N–H and O–H groups in total. The van der Waals surface area contributed by atoms with Crippen LogP contribution in [0.1, 0.15) is 25.0 Å². The molecule has 10 nitrogen and oxygen atoms in total. The van der Waals surface area contributed by atoms with Crippen molar-refractivity contribution in [2.75, 3.05) is 46.0 Å². The van der Waals surface area contributed by atoms with Crippen molar-refractivity contribution < 1.29 is 27.7 Å². The van der Waals surface area contributed by atoms with E-state index in [0.717, 1.165) is 6.07 Å². The van der Waals surface area contributed by atoms with Gasteiger partial charge < -0.3 is 29.6 Å². The monoisotopic (exact) mass is 592 g/mol. The molecule has 0 aliphatic rings. The highest BCUT2D eigenvalue weighted by molar-refractivity contribution is 5.93. The number of aromatic nitrogens is 2. The van der Waals surface area contributed by atoms with Crippen LogP contribution in [-0.4, -0.2) is 50.6 Å². The maximum absolute atomic E-state index is 13.8. The number of halogens is 2. The lowest BCUT2D eigenvalue weighted by molar-refractivity contribution is 0.132. The third-order valence-electron chi connectivity index (χ3n) is 6.49. The van der Waals surface area contributed by atoms with E-state index in [2.05, 4.69) is 25.7 Å². The molecule has 0 saturated carbocycles. The van der Waals surface area contributed by atoms with Gasteiger partial charge in [-0.05, 0) is 49.7 Å². The van der Waals surface area contributed by atoms with Crippen molar-refractivity contribution in [2.24, 2.45) is 5.11 Å². The van der Waals surface area contributed by atoms with Gasteiger partial charge in [0.1, 0.15) is 42.7 Å². The van der Waals surface area contributed by atoms with Crippen LogP contribution in [0, 0.1) is 17.2 Å². The first kappa shape index (κ1) is 31.3. The summed E-state index contributed by atoms with van der Waals surface area (Å²) in [5.74, 6) is 0.230. The minimum atomic E-state index is -0.843. The summed E-state index contributed by atoms with van der Waals surface area (Å²) >= 11 is 0. The molecule has 0 radical (unpaired) electrons. The zero-order valence-electron chi connectivity index (χ0n) is 24.4.